The zero-order chi connectivity index (χ0) is 20.7. The molecule has 0 saturated carbocycles. The van der Waals surface area contributed by atoms with Gasteiger partial charge in [-0.05, 0) is 84.8 Å². The number of carbonyl (C=O) groups excluding carboxylic acids is 1. The van der Waals surface area contributed by atoms with Crippen molar-refractivity contribution < 1.29 is 14.3 Å². The Bertz CT molecular complexity index is 951. The Morgan fingerprint density at radius 3 is 2.61 bits per heavy atom. The minimum Gasteiger partial charge on any atom is -0.490 e. The van der Waals surface area contributed by atoms with Gasteiger partial charge in [0, 0.05) is 10.7 Å². The fourth-order valence-electron chi connectivity index (χ4n) is 2.45. The number of amides is 1. The van der Waals surface area contributed by atoms with Crippen molar-refractivity contribution in [3.63, 3.8) is 0 Å². The maximum absolute atomic E-state index is 12.6. The summed E-state index contributed by atoms with van der Waals surface area (Å²) in [5.41, 5.74) is 2.06. The van der Waals surface area contributed by atoms with E-state index >= 15 is 0 Å². The summed E-state index contributed by atoms with van der Waals surface area (Å²) in [5, 5.41) is 12.7. The topological polar surface area (TPSA) is 71.3 Å². The van der Waals surface area contributed by atoms with Crippen molar-refractivity contribution >= 4 is 51.9 Å². The smallest absolute Gasteiger partial charge is 0.266 e. The number of anilines is 1. The van der Waals surface area contributed by atoms with Crippen LogP contribution in [0.2, 0.25) is 5.02 Å². The van der Waals surface area contributed by atoms with Gasteiger partial charge in [-0.1, -0.05) is 17.7 Å². The maximum Gasteiger partial charge on any atom is 0.266 e. The van der Waals surface area contributed by atoms with Gasteiger partial charge in [-0.25, -0.2) is 0 Å². The molecule has 2 aromatic carbocycles. The summed E-state index contributed by atoms with van der Waals surface area (Å²) in [6.45, 7) is 6.62. The molecule has 28 heavy (non-hydrogen) atoms. The molecule has 0 saturated heterocycles. The van der Waals surface area contributed by atoms with Crippen molar-refractivity contribution in [2.45, 2.75) is 20.8 Å². The summed E-state index contributed by atoms with van der Waals surface area (Å²) in [4.78, 5) is 12.6. The Hall–Kier alpha value is -2.24. The van der Waals surface area contributed by atoms with Crippen molar-refractivity contribution in [3.8, 4) is 17.6 Å². The molecule has 0 radical (unpaired) electrons. The van der Waals surface area contributed by atoms with E-state index in [1.165, 1.54) is 6.08 Å². The zero-order valence-corrected chi connectivity index (χ0v) is 18.7. The first-order valence-electron chi connectivity index (χ1n) is 8.68. The molecule has 0 atom stereocenters. The van der Waals surface area contributed by atoms with Crippen LogP contribution < -0.4 is 14.8 Å². The number of nitrogens with zero attached hydrogens (tertiary/aromatic N) is 1. The Balaban J connectivity index is 2.36. The lowest BCUT2D eigenvalue weighted by atomic mass is 10.1. The van der Waals surface area contributed by atoms with Crippen molar-refractivity contribution in [2.75, 3.05) is 18.5 Å². The van der Waals surface area contributed by atoms with E-state index in [0.717, 1.165) is 9.13 Å². The minimum absolute atomic E-state index is 0.0261. The lowest BCUT2D eigenvalue weighted by Crippen LogP contribution is -2.14. The minimum atomic E-state index is -0.505. The Morgan fingerprint density at radius 1 is 1.25 bits per heavy atom. The first kappa shape index (κ1) is 22.1. The molecule has 5 nitrogen and oxygen atoms in total. The second-order valence-electron chi connectivity index (χ2n) is 5.78. The van der Waals surface area contributed by atoms with Crippen LogP contribution >= 0.6 is 34.2 Å². The van der Waals surface area contributed by atoms with Crippen LogP contribution in [0.5, 0.6) is 11.5 Å². The molecule has 0 aliphatic rings. The molecule has 0 unspecified atom stereocenters. The van der Waals surface area contributed by atoms with E-state index in [0.29, 0.717) is 41.0 Å². The van der Waals surface area contributed by atoms with Crippen LogP contribution in [-0.4, -0.2) is 19.1 Å². The van der Waals surface area contributed by atoms with E-state index in [1.54, 1.807) is 24.3 Å². The number of carbonyl (C=O) groups is 1. The van der Waals surface area contributed by atoms with Gasteiger partial charge >= 0.3 is 0 Å². The highest BCUT2D eigenvalue weighted by molar-refractivity contribution is 14.1. The molecular formula is C21H20ClIN2O3. The molecule has 1 N–H and O–H groups in total. The highest BCUT2D eigenvalue weighted by Crippen LogP contribution is 2.35. The molecule has 0 bridgehead atoms. The van der Waals surface area contributed by atoms with Gasteiger partial charge < -0.3 is 14.8 Å². The lowest BCUT2D eigenvalue weighted by Gasteiger charge is -2.14. The van der Waals surface area contributed by atoms with Gasteiger partial charge in [0.2, 0.25) is 0 Å². The number of aryl methyl sites for hydroxylation is 1. The highest BCUT2D eigenvalue weighted by atomic mass is 127. The van der Waals surface area contributed by atoms with Crippen LogP contribution in [0.15, 0.2) is 35.9 Å². The van der Waals surface area contributed by atoms with E-state index < -0.39 is 5.91 Å². The number of halogens is 2. The third-order valence-corrected chi connectivity index (χ3v) is 4.78. The van der Waals surface area contributed by atoms with E-state index in [-0.39, 0.29) is 5.57 Å². The molecular weight excluding hydrogens is 491 g/mol. The SMILES string of the molecule is CCOc1cc(/C=C(\C#N)C(=O)Nc2cc(Cl)ccc2C)cc(I)c1OCC. The molecule has 146 valence electrons. The molecule has 0 fully saturated rings. The van der Waals surface area contributed by atoms with Crippen LogP contribution in [0, 0.1) is 21.8 Å². The normalized spacial score (nSPS) is 10.9. The second kappa shape index (κ2) is 10.3. The first-order valence-corrected chi connectivity index (χ1v) is 10.1. The standard InChI is InChI=1S/C21H20ClIN2O3/c1-4-27-19-10-14(9-17(23)20(19)28-5-2)8-15(12-24)21(26)25-18-11-16(22)7-6-13(18)3/h6-11H,4-5H2,1-3H3,(H,25,26)/b15-8+. The summed E-state index contributed by atoms with van der Waals surface area (Å²) in [7, 11) is 0. The van der Waals surface area contributed by atoms with Crippen LogP contribution in [-0.2, 0) is 4.79 Å². The molecule has 7 heteroatoms. The van der Waals surface area contributed by atoms with Gasteiger partial charge in [0.1, 0.15) is 11.6 Å². The summed E-state index contributed by atoms with van der Waals surface area (Å²) in [6.07, 6.45) is 1.52. The molecule has 0 aromatic heterocycles. The Morgan fingerprint density at radius 2 is 1.96 bits per heavy atom. The molecule has 0 aliphatic heterocycles. The third kappa shape index (κ3) is 5.63. The number of nitriles is 1. The fourth-order valence-corrected chi connectivity index (χ4v) is 3.41. The van der Waals surface area contributed by atoms with Crippen molar-refractivity contribution in [1.29, 1.82) is 5.26 Å². The summed E-state index contributed by atoms with van der Waals surface area (Å²) >= 11 is 8.14. The third-order valence-electron chi connectivity index (χ3n) is 3.74. The lowest BCUT2D eigenvalue weighted by molar-refractivity contribution is -0.112. The largest absolute Gasteiger partial charge is 0.490 e. The second-order valence-corrected chi connectivity index (χ2v) is 7.38. The number of hydrogen-bond donors (Lipinski definition) is 1. The first-order chi connectivity index (χ1) is 13.4. The Kier molecular flexibility index (Phi) is 8.15. The van der Waals surface area contributed by atoms with E-state index in [4.69, 9.17) is 21.1 Å². The summed E-state index contributed by atoms with van der Waals surface area (Å²) in [5.74, 6) is 0.722. The number of hydrogen-bond acceptors (Lipinski definition) is 4. The van der Waals surface area contributed by atoms with E-state index in [2.05, 4.69) is 27.9 Å². The average molecular weight is 511 g/mol. The molecule has 2 aromatic rings. The van der Waals surface area contributed by atoms with Crippen molar-refractivity contribution in [2.24, 2.45) is 0 Å². The van der Waals surface area contributed by atoms with Gasteiger partial charge in [0.25, 0.3) is 5.91 Å². The van der Waals surface area contributed by atoms with E-state index in [9.17, 15) is 10.1 Å². The molecule has 0 heterocycles. The molecule has 0 aliphatic carbocycles. The average Bonchev–Trinajstić information content (AvgIpc) is 2.65. The van der Waals surface area contributed by atoms with Gasteiger partial charge in [-0.2, -0.15) is 5.26 Å². The van der Waals surface area contributed by atoms with Crippen molar-refractivity contribution in [3.05, 3.63) is 55.6 Å². The molecule has 1 amide bonds. The van der Waals surface area contributed by atoms with Gasteiger partial charge in [0.15, 0.2) is 11.5 Å². The van der Waals surface area contributed by atoms with Gasteiger partial charge in [-0.3, -0.25) is 4.79 Å². The van der Waals surface area contributed by atoms with Gasteiger partial charge in [0.05, 0.1) is 16.8 Å². The summed E-state index contributed by atoms with van der Waals surface area (Å²) in [6, 6.07) is 10.7. The van der Waals surface area contributed by atoms with E-state index in [1.807, 2.05) is 32.9 Å². The summed E-state index contributed by atoms with van der Waals surface area (Å²) < 4.78 is 12.1. The quantitative estimate of drug-likeness (QED) is 0.299. The van der Waals surface area contributed by atoms with Crippen LogP contribution in [0.1, 0.15) is 25.0 Å². The van der Waals surface area contributed by atoms with Crippen molar-refractivity contribution in [1.82, 2.24) is 0 Å². The number of benzene rings is 2. The number of nitrogens with one attached hydrogen (secondary N) is 1. The molecule has 2 rings (SSSR count). The van der Waals surface area contributed by atoms with Crippen LogP contribution in [0.3, 0.4) is 0 Å². The number of rotatable bonds is 7. The Labute approximate surface area is 183 Å². The predicted molar refractivity (Wildman–Crippen MR) is 120 cm³/mol. The number of ether oxygens (including phenoxy) is 2. The van der Waals surface area contributed by atoms with Crippen LogP contribution in [0.4, 0.5) is 5.69 Å². The zero-order valence-electron chi connectivity index (χ0n) is 15.8. The maximum atomic E-state index is 12.6. The highest BCUT2D eigenvalue weighted by Gasteiger charge is 2.15. The molecule has 0 spiro atoms. The fraction of sp³-hybridized carbons (Fsp3) is 0.238. The van der Waals surface area contributed by atoms with Gasteiger partial charge in [-0.15, -0.1) is 0 Å². The predicted octanol–water partition coefficient (Wildman–Crippen LogP) is 5.60. The van der Waals surface area contributed by atoms with Crippen LogP contribution in [0.25, 0.3) is 6.08 Å². The monoisotopic (exact) mass is 510 g/mol.